The number of aromatic nitrogens is 2. The second-order valence-corrected chi connectivity index (χ2v) is 6.64. The van der Waals surface area contributed by atoms with E-state index in [-0.39, 0.29) is 5.75 Å². The zero-order chi connectivity index (χ0) is 16.4. The van der Waals surface area contributed by atoms with Crippen LogP contribution >= 0.6 is 23.4 Å². The molecule has 0 radical (unpaired) electrons. The van der Waals surface area contributed by atoms with Gasteiger partial charge in [-0.25, -0.2) is 0 Å². The summed E-state index contributed by atoms with van der Waals surface area (Å²) in [6, 6.07) is 5.20. The van der Waals surface area contributed by atoms with E-state index in [1.807, 2.05) is 0 Å². The van der Waals surface area contributed by atoms with E-state index in [4.69, 9.17) is 16.3 Å². The zero-order valence-corrected chi connectivity index (χ0v) is 13.5. The smallest absolute Gasteiger partial charge is 0.173 e. The number of hydrogen-bond donors (Lipinski definition) is 3. The maximum atomic E-state index is 9.95. The number of ether oxygens (including phenoxy) is 1. The summed E-state index contributed by atoms with van der Waals surface area (Å²) in [6.45, 7) is 0. The molecule has 2 aromatic rings. The molecule has 1 aliphatic heterocycles. The summed E-state index contributed by atoms with van der Waals surface area (Å²) >= 11 is 7.47. The molecule has 2 aromatic heterocycles. The molecule has 0 aromatic carbocycles. The topological polar surface area (TPSA) is 95.7 Å². The highest BCUT2D eigenvalue weighted by Crippen LogP contribution is 2.32. The van der Waals surface area contributed by atoms with Crippen molar-refractivity contribution < 1.29 is 20.1 Å². The van der Waals surface area contributed by atoms with Gasteiger partial charge >= 0.3 is 0 Å². The van der Waals surface area contributed by atoms with E-state index < -0.39 is 23.7 Å². The summed E-state index contributed by atoms with van der Waals surface area (Å²) in [5.74, 6) is 0.659. The number of rotatable bonds is 3. The molecule has 8 heteroatoms. The fourth-order valence-corrected chi connectivity index (χ4v) is 3.61. The van der Waals surface area contributed by atoms with Crippen LogP contribution < -0.4 is 4.74 Å². The first-order chi connectivity index (χ1) is 11.1. The first kappa shape index (κ1) is 16.5. The van der Waals surface area contributed by atoms with Crippen molar-refractivity contribution in [2.75, 3.05) is 5.75 Å². The van der Waals surface area contributed by atoms with Crippen LogP contribution in [0.3, 0.4) is 0 Å². The minimum atomic E-state index is -1.24. The van der Waals surface area contributed by atoms with Crippen LogP contribution in [0.1, 0.15) is 0 Å². The van der Waals surface area contributed by atoms with Crippen LogP contribution in [0.4, 0.5) is 0 Å². The van der Waals surface area contributed by atoms with Crippen molar-refractivity contribution in [3.8, 4) is 17.0 Å². The molecule has 1 fully saturated rings. The SMILES string of the molecule is O[C@H]1[C@H](O)CSC(Oc2cnc(-c3ccncc3)c(Cl)c2)[C@@H]1O. The Morgan fingerprint density at radius 2 is 1.91 bits per heavy atom. The van der Waals surface area contributed by atoms with Gasteiger partial charge in [0, 0.05) is 29.8 Å². The Labute approximate surface area is 142 Å². The number of hydrogen-bond acceptors (Lipinski definition) is 7. The van der Waals surface area contributed by atoms with Crippen molar-refractivity contribution in [2.45, 2.75) is 23.7 Å². The second-order valence-electron chi connectivity index (χ2n) is 5.11. The van der Waals surface area contributed by atoms with Crippen molar-refractivity contribution in [2.24, 2.45) is 0 Å². The molecule has 0 aliphatic carbocycles. The average Bonchev–Trinajstić information content (AvgIpc) is 2.56. The standard InChI is InChI=1S/C15H15ClN2O4S/c16-10-5-9(6-18-12(10)8-1-3-17-4-2-8)22-15-14(21)13(20)11(19)7-23-15/h1-6,11,13-15,19-21H,7H2/t11-,13+,14-,15?/m1/s1. The van der Waals surface area contributed by atoms with Gasteiger partial charge in [-0.2, -0.15) is 0 Å². The lowest BCUT2D eigenvalue weighted by atomic mass is 10.1. The Bertz CT molecular complexity index is 676. The molecular formula is C15H15ClN2O4S. The van der Waals surface area contributed by atoms with E-state index >= 15 is 0 Å². The number of aliphatic hydroxyl groups excluding tert-OH is 3. The third-order valence-corrected chi connectivity index (χ3v) is 5.00. The van der Waals surface area contributed by atoms with Gasteiger partial charge in [-0.1, -0.05) is 11.6 Å². The third kappa shape index (κ3) is 3.59. The largest absolute Gasteiger partial charge is 0.475 e. The lowest BCUT2D eigenvalue weighted by Crippen LogP contribution is -2.50. The minimum absolute atomic E-state index is 0.277. The van der Waals surface area contributed by atoms with Crippen molar-refractivity contribution in [1.82, 2.24) is 9.97 Å². The quantitative estimate of drug-likeness (QED) is 0.765. The molecule has 1 saturated heterocycles. The third-order valence-electron chi connectivity index (χ3n) is 3.48. The summed E-state index contributed by atoms with van der Waals surface area (Å²) in [4.78, 5) is 8.23. The first-order valence-corrected chi connectivity index (χ1v) is 8.37. The van der Waals surface area contributed by atoms with Gasteiger partial charge in [0.2, 0.25) is 0 Å². The summed E-state index contributed by atoms with van der Waals surface area (Å²) in [5, 5.41) is 29.6. The molecule has 3 heterocycles. The molecule has 0 bridgehead atoms. The van der Waals surface area contributed by atoms with Gasteiger partial charge in [-0.15, -0.1) is 11.8 Å². The van der Waals surface area contributed by atoms with Crippen LogP contribution in [0.15, 0.2) is 36.8 Å². The fraction of sp³-hybridized carbons (Fsp3) is 0.333. The van der Waals surface area contributed by atoms with Crippen molar-refractivity contribution in [3.63, 3.8) is 0 Å². The molecule has 3 rings (SSSR count). The number of nitrogens with zero attached hydrogens (tertiary/aromatic N) is 2. The van der Waals surface area contributed by atoms with Crippen molar-refractivity contribution in [3.05, 3.63) is 41.8 Å². The molecule has 122 valence electrons. The number of thioether (sulfide) groups is 1. The van der Waals surface area contributed by atoms with E-state index in [0.717, 1.165) is 5.56 Å². The summed E-state index contributed by atoms with van der Waals surface area (Å²) in [5.41, 5.74) is 0.744. The van der Waals surface area contributed by atoms with Crippen LogP contribution in [-0.4, -0.2) is 54.8 Å². The molecule has 0 spiro atoms. The summed E-state index contributed by atoms with van der Waals surface area (Å²) in [7, 11) is 0. The van der Waals surface area contributed by atoms with Gasteiger partial charge in [-0.05, 0) is 12.1 Å². The molecule has 23 heavy (non-hydrogen) atoms. The highest BCUT2D eigenvalue weighted by Gasteiger charge is 2.38. The molecule has 4 atom stereocenters. The van der Waals surface area contributed by atoms with E-state index in [1.54, 1.807) is 30.6 Å². The van der Waals surface area contributed by atoms with Gasteiger partial charge in [0.05, 0.1) is 23.0 Å². The van der Waals surface area contributed by atoms with E-state index in [0.29, 0.717) is 16.5 Å². The van der Waals surface area contributed by atoms with Crippen molar-refractivity contribution >= 4 is 23.4 Å². The zero-order valence-electron chi connectivity index (χ0n) is 11.9. The van der Waals surface area contributed by atoms with Gasteiger partial charge in [0.1, 0.15) is 18.0 Å². The van der Waals surface area contributed by atoms with E-state index in [9.17, 15) is 15.3 Å². The van der Waals surface area contributed by atoms with Gasteiger partial charge in [0.25, 0.3) is 0 Å². The summed E-state index contributed by atoms with van der Waals surface area (Å²) < 4.78 is 5.64. The van der Waals surface area contributed by atoms with Crippen LogP contribution in [0.25, 0.3) is 11.3 Å². The Morgan fingerprint density at radius 1 is 1.17 bits per heavy atom. The maximum Gasteiger partial charge on any atom is 0.173 e. The normalized spacial score (nSPS) is 27.7. The minimum Gasteiger partial charge on any atom is -0.475 e. The molecular weight excluding hydrogens is 340 g/mol. The lowest BCUT2D eigenvalue weighted by molar-refractivity contribution is -0.0786. The Kier molecular flexibility index (Phi) is 5.03. The lowest BCUT2D eigenvalue weighted by Gasteiger charge is -2.34. The highest BCUT2D eigenvalue weighted by atomic mass is 35.5. The maximum absolute atomic E-state index is 9.95. The van der Waals surface area contributed by atoms with E-state index in [2.05, 4.69) is 9.97 Å². The Hall–Kier alpha value is -1.38. The second kappa shape index (κ2) is 7.02. The molecule has 0 amide bonds. The van der Waals surface area contributed by atoms with Crippen LogP contribution in [0, 0.1) is 0 Å². The highest BCUT2D eigenvalue weighted by molar-refractivity contribution is 7.99. The van der Waals surface area contributed by atoms with Crippen molar-refractivity contribution in [1.29, 1.82) is 0 Å². The van der Waals surface area contributed by atoms with Crippen LogP contribution in [0.5, 0.6) is 5.75 Å². The predicted molar refractivity (Wildman–Crippen MR) is 87.4 cm³/mol. The van der Waals surface area contributed by atoms with Crippen LogP contribution in [0.2, 0.25) is 5.02 Å². The average molecular weight is 355 g/mol. The fourth-order valence-electron chi connectivity index (χ4n) is 2.22. The monoisotopic (exact) mass is 354 g/mol. The van der Waals surface area contributed by atoms with Gasteiger partial charge in [0.15, 0.2) is 5.44 Å². The predicted octanol–water partition coefficient (Wildman–Crippen LogP) is 1.33. The molecule has 0 saturated carbocycles. The molecule has 6 nitrogen and oxygen atoms in total. The van der Waals surface area contributed by atoms with Gasteiger partial charge < -0.3 is 20.1 Å². The van der Waals surface area contributed by atoms with Crippen LogP contribution in [-0.2, 0) is 0 Å². The molecule has 1 aliphatic rings. The first-order valence-electron chi connectivity index (χ1n) is 6.94. The number of pyridine rings is 2. The number of halogens is 1. The van der Waals surface area contributed by atoms with E-state index in [1.165, 1.54) is 18.0 Å². The molecule has 3 N–H and O–H groups in total. The van der Waals surface area contributed by atoms with Gasteiger partial charge in [-0.3, -0.25) is 9.97 Å². The molecule has 1 unspecified atom stereocenters. The number of aliphatic hydroxyl groups is 3. The summed E-state index contributed by atoms with van der Waals surface area (Å²) in [6.07, 6.45) is 1.42. The Morgan fingerprint density at radius 3 is 2.61 bits per heavy atom. The Balaban J connectivity index is 1.76.